The second kappa shape index (κ2) is 25.9. The van der Waals surface area contributed by atoms with E-state index in [0.29, 0.717) is 12.8 Å². The molecule has 0 bridgehead atoms. The Kier molecular flexibility index (Phi) is 21.7. The second-order valence-electron chi connectivity index (χ2n) is 21.7. The lowest BCUT2D eigenvalue weighted by Crippen LogP contribution is -2.59. The van der Waals surface area contributed by atoms with E-state index in [1.54, 1.807) is 79.7 Å². The van der Waals surface area contributed by atoms with Crippen molar-refractivity contribution in [3.05, 3.63) is 48.6 Å². The van der Waals surface area contributed by atoms with E-state index in [4.69, 9.17) is 37.9 Å². The molecule has 0 aliphatic carbocycles. The molecular formula is C54H88O18. The maximum absolute atomic E-state index is 13.5. The third kappa shape index (κ3) is 14.4. The number of aliphatic hydroxyl groups is 8. The van der Waals surface area contributed by atoms with E-state index in [1.807, 2.05) is 27.7 Å². The Morgan fingerprint density at radius 3 is 1.25 bits per heavy atom. The van der Waals surface area contributed by atoms with Gasteiger partial charge in [0.2, 0.25) is 0 Å². The third-order valence-corrected chi connectivity index (χ3v) is 16.5. The van der Waals surface area contributed by atoms with E-state index >= 15 is 0 Å². The molecule has 5 rings (SSSR count). The summed E-state index contributed by atoms with van der Waals surface area (Å²) in [5.74, 6) is -9.84. The van der Waals surface area contributed by atoms with Crippen LogP contribution in [0.5, 0.6) is 0 Å². The molecule has 4 fully saturated rings. The molecule has 8 N–H and O–H groups in total. The highest BCUT2D eigenvalue weighted by atomic mass is 16.7. The lowest BCUT2D eigenvalue weighted by molar-refractivity contribution is -0.345. The summed E-state index contributed by atoms with van der Waals surface area (Å²) in [6.45, 7) is 21.3. The first-order chi connectivity index (χ1) is 33.7. The van der Waals surface area contributed by atoms with Crippen LogP contribution >= 0.6 is 0 Å². The summed E-state index contributed by atoms with van der Waals surface area (Å²) in [4.78, 5) is 27.0. The van der Waals surface area contributed by atoms with Gasteiger partial charge in [-0.15, -0.1) is 0 Å². The van der Waals surface area contributed by atoms with Gasteiger partial charge >= 0.3 is 11.9 Å². The van der Waals surface area contributed by atoms with Gasteiger partial charge in [-0.25, -0.2) is 9.59 Å². The minimum atomic E-state index is -1.88. The molecule has 0 radical (unpaired) electrons. The quantitative estimate of drug-likeness (QED) is 0.114. The number of allylic oxidation sites excluding steroid dienone is 4. The Labute approximate surface area is 426 Å². The summed E-state index contributed by atoms with van der Waals surface area (Å²) >= 11 is 0. The van der Waals surface area contributed by atoms with E-state index in [0.717, 1.165) is 0 Å². The maximum Gasteiger partial charge on any atom is 0.331 e. The standard InChI is InChI=1S/C54H88O18/c1-13-37-33(9)71-53(63,25-41(37)67-45-23-39(55)49(61)35(11)65-45)31(7)47(59)29(5)51-27(3)19-15-17-22-44(58)70-52(28(4)20-16-18-21-43(57)69-51)30(6)48(60)32(8)54(64)26-42(38(14-2)34(10)72-54)68-46-24-40(56)50(62)36(12)66-46/h15-22,27-42,45-52,55-56,59-64H,13-14,23-26H2,1-12H3/b19-15+,20-16+,21-18+,22-17+/t27-,28-,29-,30-,31-,32-,33+,34+,35-,36-,37+,38+,39-,40-,41+,42+,45-,46-,47+,48+,49+,50+,51?,52?,53+,54+/m0/s1. The summed E-state index contributed by atoms with van der Waals surface area (Å²) < 4.78 is 49.1. The largest absolute Gasteiger partial charge is 0.458 e. The molecule has 5 aliphatic heterocycles. The number of aliphatic hydroxyl groups excluding tert-OH is 6. The van der Waals surface area contributed by atoms with Crippen molar-refractivity contribution in [1.29, 1.82) is 0 Å². The van der Waals surface area contributed by atoms with Crippen LogP contribution in [0.3, 0.4) is 0 Å². The van der Waals surface area contributed by atoms with Crippen molar-refractivity contribution < 1.29 is 88.3 Å². The molecule has 0 saturated carbocycles. The molecule has 26 atom stereocenters. The molecule has 0 aromatic heterocycles. The van der Waals surface area contributed by atoms with Crippen LogP contribution < -0.4 is 0 Å². The highest BCUT2D eigenvalue weighted by Crippen LogP contribution is 2.45. The minimum Gasteiger partial charge on any atom is -0.458 e. The molecular weight excluding hydrogens is 937 g/mol. The first-order valence-corrected chi connectivity index (χ1v) is 26.4. The number of hydrogen-bond donors (Lipinski definition) is 8. The van der Waals surface area contributed by atoms with E-state index in [1.165, 1.54) is 24.3 Å². The summed E-state index contributed by atoms with van der Waals surface area (Å²) in [5, 5.41) is 89.6. The van der Waals surface area contributed by atoms with Crippen molar-refractivity contribution in [2.24, 2.45) is 47.3 Å². The van der Waals surface area contributed by atoms with Crippen LogP contribution in [0.25, 0.3) is 0 Å². The molecule has 5 heterocycles. The van der Waals surface area contributed by atoms with Gasteiger partial charge in [0.05, 0.1) is 61.0 Å². The normalized spacial score (nSPS) is 46.1. The topological polar surface area (TPSA) is 270 Å². The molecule has 18 nitrogen and oxygen atoms in total. The van der Waals surface area contributed by atoms with Gasteiger partial charge in [-0.3, -0.25) is 0 Å². The van der Waals surface area contributed by atoms with Crippen LogP contribution in [0, 0.1) is 47.3 Å². The van der Waals surface area contributed by atoms with Crippen molar-refractivity contribution in [3.63, 3.8) is 0 Å². The maximum atomic E-state index is 13.5. The van der Waals surface area contributed by atoms with E-state index < -0.39 is 157 Å². The minimum absolute atomic E-state index is 0.0264. The highest BCUT2D eigenvalue weighted by Gasteiger charge is 2.54. The van der Waals surface area contributed by atoms with Crippen molar-refractivity contribution in [2.75, 3.05) is 0 Å². The number of carbonyl (C=O) groups excluding carboxylic acids is 2. The van der Waals surface area contributed by atoms with Crippen molar-refractivity contribution in [1.82, 2.24) is 0 Å². The monoisotopic (exact) mass is 1020 g/mol. The summed E-state index contributed by atoms with van der Waals surface area (Å²) in [6, 6.07) is 0. The fourth-order valence-corrected chi connectivity index (χ4v) is 11.6. The van der Waals surface area contributed by atoms with Crippen molar-refractivity contribution in [3.8, 4) is 0 Å². The lowest BCUT2D eigenvalue weighted by atomic mass is 9.76. The van der Waals surface area contributed by atoms with Crippen molar-refractivity contribution >= 4 is 11.9 Å². The summed E-state index contributed by atoms with van der Waals surface area (Å²) in [7, 11) is 0. The Bertz CT molecular complexity index is 1710. The second-order valence-corrected chi connectivity index (χ2v) is 21.7. The predicted molar refractivity (Wildman–Crippen MR) is 263 cm³/mol. The third-order valence-electron chi connectivity index (χ3n) is 16.5. The average Bonchev–Trinajstić information content (AvgIpc) is 3.31. The van der Waals surface area contributed by atoms with Gasteiger partial charge < -0.3 is 78.7 Å². The lowest BCUT2D eigenvalue weighted by Gasteiger charge is -2.50. The van der Waals surface area contributed by atoms with Crippen LogP contribution in [0.2, 0.25) is 0 Å². The number of ether oxygens (including phenoxy) is 8. The molecule has 0 aromatic rings. The molecule has 18 heteroatoms. The van der Waals surface area contributed by atoms with Crippen LogP contribution in [0.1, 0.15) is 122 Å². The number of rotatable bonds is 14. The van der Waals surface area contributed by atoms with Gasteiger partial charge in [-0.05, 0) is 40.5 Å². The van der Waals surface area contributed by atoms with E-state index in [-0.39, 0.29) is 37.5 Å². The Morgan fingerprint density at radius 1 is 0.583 bits per heavy atom. The smallest absolute Gasteiger partial charge is 0.331 e. The zero-order valence-corrected chi connectivity index (χ0v) is 44.4. The highest BCUT2D eigenvalue weighted by molar-refractivity contribution is 5.83. The van der Waals surface area contributed by atoms with Crippen LogP contribution in [-0.2, 0) is 47.5 Å². The molecule has 2 unspecified atom stereocenters. The van der Waals surface area contributed by atoms with Crippen LogP contribution in [0.15, 0.2) is 48.6 Å². The average molecular weight is 1030 g/mol. The zero-order valence-electron chi connectivity index (χ0n) is 44.4. The SMILES string of the molecule is CC[C@@H]1[C@@H](C)O[C@@](O)([C@@H](C)[C@H](O)[C@H](C)C2OC(=O)/C=C/C=C/[C@H](C)C([C@@H](C)[C@@H](O)[C@H](C)[C@@]3(O)C[C@@H](O[C@H]4C[C@H](O)[C@H](O)[C@H](C)O4)[C@H](CC)[C@@H](C)O3)OC(=O)/C=C/C=C/[C@@H]2C)C[C@H]1O[C@H]1C[C@H](O)[C@H](O)[C@H](C)O1. The Morgan fingerprint density at radius 2 is 0.931 bits per heavy atom. The van der Waals surface area contributed by atoms with Gasteiger partial charge in [-0.1, -0.05) is 91.8 Å². The van der Waals surface area contributed by atoms with Gasteiger partial charge in [-0.2, -0.15) is 0 Å². The van der Waals surface area contributed by atoms with Crippen molar-refractivity contribution in [2.45, 2.75) is 231 Å². The molecule has 4 saturated heterocycles. The van der Waals surface area contributed by atoms with E-state index in [9.17, 15) is 50.4 Å². The van der Waals surface area contributed by atoms with Gasteiger partial charge in [0.1, 0.15) is 24.4 Å². The zero-order chi connectivity index (χ0) is 53.6. The van der Waals surface area contributed by atoms with Gasteiger partial charge in [0.25, 0.3) is 0 Å². The molecule has 72 heavy (non-hydrogen) atoms. The van der Waals surface area contributed by atoms with Crippen LogP contribution in [-0.4, -0.2) is 162 Å². The summed E-state index contributed by atoms with van der Waals surface area (Å²) in [6.07, 6.45) is -0.317. The molecule has 0 spiro atoms. The van der Waals surface area contributed by atoms with Gasteiger partial charge in [0.15, 0.2) is 24.2 Å². The predicted octanol–water partition coefficient (Wildman–Crippen LogP) is 4.12. The summed E-state index contributed by atoms with van der Waals surface area (Å²) in [5.41, 5.74) is 0. The number of carbonyl (C=O) groups is 2. The van der Waals surface area contributed by atoms with E-state index in [2.05, 4.69) is 0 Å². The van der Waals surface area contributed by atoms with Gasteiger partial charge in [0, 0.05) is 85.2 Å². The fourth-order valence-electron chi connectivity index (χ4n) is 11.6. The van der Waals surface area contributed by atoms with Crippen LogP contribution in [0.4, 0.5) is 0 Å². The Balaban J connectivity index is 1.28. The first-order valence-electron chi connectivity index (χ1n) is 26.4. The Hall–Kier alpha value is -2.66. The fraction of sp³-hybridized carbons (Fsp3) is 0.815. The molecule has 0 aromatic carbocycles. The number of esters is 2. The molecule has 5 aliphatic rings. The first kappa shape index (κ1) is 60.2. The number of cyclic esters (lactones) is 2. The number of hydrogen-bond acceptors (Lipinski definition) is 18. The molecule has 0 amide bonds. The molecule has 412 valence electrons.